The molecule has 0 bridgehead atoms. The van der Waals surface area contributed by atoms with Crippen molar-refractivity contribution in [3.63, 3.8) is 0 Å². The van der Waals surface area contributed by atoms with Crippen LogP contribution in [-0.4, -0.2) is 0 Å². The molecule has 0 aromatic rings. The molecule has 0 N–H and O–H groups in total. The van der Waals surface area contributed by atoms with Crippen molar-refractivity contribution in [2.45, 2.75) is 0 Å². The third-order valence-corrected chi connectivity index (χ3v) is 0. The van der Waals surface area contributed by atoms with E-state index in [0.29, 0.717) is 0 Å². The summed E-state index contributed by atoms with van der Waals surface area (Å²) < 4.78 is 0. The molecular formula is F3FeRb. The predicted molar refractivity (Wildman–Crippen MR) is 0 cm³/mol. The van der Waals surface area contributed by atoms with E-state index in [4.69, 9.17) is 0 Å². The molecule has 0 saturated heterocycles. The molecule has 0 spiro atoms. The quantitative estimate of drug-likeness (QED) is 0.339. The van der Waals surface area contributed by atoms with Crippen LogP contribution < -0.4 is 72.3 Å². The molecule has 0 aromatic heterocycles. The first-order valence-corrected chi connectivity index (χ1v) is 0. The van der Waals surface area contributed by atoms with Gasteiger partial charge in [-0.05, 0) is 0 Å². The molecule has 5 heavy (non-hydrogen) atoms. The van der Waals surface area contributed by atoms with E-state index in [-0.39, 0.29) is 89.4 Å². The van der Waals surface area contributed by atoms with Crippen molar-refractivity contribution in [1.82, 2.24) is 0 Å². The third kappa shape index (κ3) is 23.2. The normalized spacial score (nSPS) is 0. The van der Waals surface area contributed by atoms with E-state index < -0.39 is 0 Å². The van der Waals surface area contributed by atoms with Gasteiger partial charge in [0.15, 0.2) is 0 Å². The number of rotatable bonds is 0. The summed E-state index contributed by atoms with van der Waals surface area (Å²) in [5, 5.41) is 0. The summed E-state index contributed by atoms with van der Waals surface area (Å²) >= 11 is 0. The van der Waals surface area contributed by atoms with Crippen LogP contribution in [-0.2, 0) is 17.1 Å². The number of halogens is 3. The van der Waals surface area contributed by atoms with E-state index in [9.17, 15) is 0 Å². The molecule has 0 heterocycles. The molecule has 0 radical (unpaired) electrons. The van der Waals surface area contributed by atoms with Crippen molar-refractivity contribution in [2.75, 3.05) is 0 Å². The Balaban J connectivity index is 0. The molecule has 0 saturated carbocycles. The maximum absolute atomic E-state index is 0. The molecule has 0 unspecified atom stereocenters. The van der Waals surface area contributed by atoms with Crippen LogP contribution in [0.15, 0.2) is 0 Å². The summed E-state index contributed by atoms with van der Waals surface area (Å²) in [6, 6.07) is 0. The van der Waals surface area contributed by atoms with Gasteiger partial charge in [-0.25, -0.2) is 0 Å². The third-order valence-electron chi connectivity index (χ3n) is 0. The van der Waals surface area contributed by atoms with Gasteiger partial charge in [-0.3, -0.25) is 0 Å². The van der Waals surface area contributed by atoms with Gasteiger partial charge in [0.1, 0.15) is 0 Å². The largest absolute Gasteiger partial charge is 2.00 e. The summed E-state index contributed by atoms with van der Waals surface area (Å²) in [5.74, 6) is 0. The Morgan fingerprint density at radius 3 is 0.600 bits per heavy atom. The fourth-order valence-corrected chi connectivity index (χ4v) is 0. The standard InChI is InChI=1S/3FH.Fe.Rb/h3*1H;;/q;;;+2;+1/p-3. The van der Waals surface area contributed by atoms with Crippen LogP contribution in [0.25, 0.3) is 0 Å². The molecule has 0 amide bonds. The van der Waals surface area contributed by atoms with Gasteiger partial charge in [-0.15, -0.1) is 0 Å². The Morgan fingerprint density at radius 1 is 0.600 bits per heavy atom. The van der Waals surface area contributed by atoms with E-state index in [1.54, 1.807) is 0 Å². The van der Waals surface area contributed by atoms with Gasteiger partial charge in [-0.2, -0.15) is 0 Å². The van der Waals surface area contributed by atoms with Crippen molar-refractivity contribution in [3.05, 3.63) is 0 Å². The first-order valence-electron chi connectivity index (χ1n) is 0. The average Bonchev–Trinajstić information content (AvgIpc) is 0. The van der Waals surface area contributed by atoms with E-state index in [0.717, 1.165) is 0 Å². The summed E-state index contributed by atoms with van der Waals surface area (Å²) in [5.41, 5.74) is 0. The number of hydrogen-bond donors (Lipinski definition) is 0. The summed E-state index contributed by atoms with van der Waals surface area (Å²) in [7, 11) is 0. The molecule has 0 aliphatic heterocycles. The summed E-state index contributed by atoms with van der Waals surface area (Å²) in [4.78, 5) is 0. The minimum absolute atomic E-state index is 0. The molecule has 0 aliphatic carbocycles. The fourth-order valence-electron chi connectivity index (χ4n) is 0. The van der Waals surface area contributed by atoms with Gasteiger partial charge in [0, 0.05) is 0 Å². The van der Waals surface area contributed by atoms with Crippen LogP contribution >= 0.6 is 0 Å². The fraction of sp³-hybridized carbons (Fsp3) is 0. The van der Waals surface area contributed by atoms with Gasteiger partial charge in [-0.1, -0.05) is 0 Å². The molecule has 0 aromatic carbocycles. The molecule has 0 rings (SSSR count). The predicted octanol–water partition coefficient (Wildman–Crippen LogP) is -12.0. The second-order valence-electron chi connectivity index (χ2n) is 0. The Kier molecular flexibility index (Phi) is 426. The van der Waals surface area contributed by atoms with Crippen LogP contribution in [0.1, 0.15) is 0 Å². The van der Waals surface area contributed by atoms with E-state index >= 15 is 0 Å². The summed E-state index contributed by atoms with van der Waals surface area (Å²) in [6.07, 6.45) is 0. The van der Waals surface area contributed by atoms with Crippen LogP contribution in [0.3, 0.4) is 0 Å². The first kappa shape index (κ1) is 59.5. The molecule has 0 aliphatic rings. The second-order valence-corrected chi connectivity index (χ2v) is 0. The zero-order chi connectivity index (χ0) is 0. The second kappa shape index (κ2) is 35.8. The van der Waals surface area contributed by atoms with Gasteiger partial charge in [0.2, 0.25) is 0 Å². The monoisotopic (exact) mass is 198 g/mol. The zero-order valence-corrected chi connectivity index (χ0v) is 8.51. The smallest absolute Gasteiger partial charge is 1.00 e. The van der Waals surface area contributed by atoms with Crippen LogP contribution in [0.5, 0.6) is 0 Å². The van der Waals surface area contributed by atoms with E-state index in [1.807, 2.05) is 0 Å². The number of hydrogen-bond acceptors (Lipinski definition) is 0. The van der Waals surface area contributed by atoms with Crippen molar-refractivity contribution in [1.29, 1.82) is 0 Å². The van der Waals surface area contributed by atoms with Gasteiger partial charge < -0.3 is 14.1 Å². The maximum Gasteiger partial charge on any atom is 2.00 e. The van der Waals surface area contributed by atoms with Crippen molar-refractivity contribution >= 4 is 0 Å². The van der Waals surface area contributed by atoms with E-state index in [1.165, 1.54) is 0 Å². The van der Waals surface area contributed by atoms with Crippen molar-refractivity contribution in [2.24, 2.45) is 0 Å². The Morgan fingerprint density at radius 2 is 0.600 bits per heavy atom. The van der Waals surface area contributed by atoms with E-state index in [2.05, 4.69) is 0 Å². The minimum Gasteiger partial charge on any atom is -1.00 e. The molecule has 5 heteroatoms. The molecule has 30 valence electrons. The van der Waals surface area contributed by atoms with Crippen LogP contribution in [0.2, 0.25) is 0 Å². The minimum atomic E-state index is 0. The molecule has 0 nitrogen and oxygen atoms in total. The van der Waals surface area contributed by atoms with Gasteiger partial charge in [0.05, 0.1) is 0 Å². The average molecular weight is 198 g/mol. The van der Waals surface area contributed by atoms with Gasteiger partial charge in [0.25, 0.3) is 0 Å². The maximum atomic E-state index is 0. The van der Waals surface area contributed by atoms with Crippen molar-refractivity contribution in [3.8, 4) is 0 Å². The Hall–Kier alpha value is 2.11. The zero-order valence-electron chi connectivity index (χ0n) is 2.49. The molecular weight excluding hydrogens is 198 g/mol. The Bertz CT molecular complexity index is 6.85. The van der Waals surface area contributed by atoms with Crippen LogP contribution in [0.4, 0.5) is 0 Å². The Labute approximate surface area is 87.4 Å². The first-order chi connectivity index (χ1) is 0. The van der Waals surface area contributed by atoms with Gasteiger partial charge >= 0.3 is 75.3 Å². The van der Waals surface area contributed by atoms with Crippen LogP contribution in [0, 0.1) is 0 Å². The summed E-state index contributed by atoms with van der Waals surface area (Å²) in [6.45, 7) is 0. The van der Waals surface area contributed by atoms with Crippen molar-refractivity contribution < 1.29 is 89.4 Å². The topological polar surface area (TPSA) is 0 Å². The molecule has 0 fully saturated rings. The SMILES string of the molecule is [F-].[F-].[F-].[Fe+2].[Rb+]. The molecule has 0 atom stereocenters.